The predicted molar refractivity (Wildman–Crippen MR) is 95.9 cm³/mol. The fourth-order valence-electron chi connectivity index (χ4n) is 3.41. The van der Waals surface area contributed by atoms with E-state index in [9.17, 15) is 9.59 Å². The highest BCUT2D eigenvalue weighted by Crippen LogP contribution is 2.24. The molecule has 1 N–H and O–H groups in total. The number of benzene rings is 1. The summed E-state index contributed by atoms with van der Waals surface area (Å²) in [5.41, 5.74) is 2.10. The number of piperazine rings is 2. The van der Waals surface area contributed by atoms with Crippen LogP contribution >= 0.6 is 11.3 Å². The van der Waals surface area contributed by atoms with E-state index in [1.165, 1.54) is 0 Å². The number of aromatic nitrogens is 1. The van der Waals surface area contributed by atoms with Crippen molar-refractivity contribution in [1.29, 1.82) is 0 Å². The van der Waals surface area contributed by atoms with Crippen LogP contribution < -0.4 is 5.32 Å². The zero-order valence-electron chi connectivity index (χ0n) is 14.0. The van der Waals surface area contributed by atoms with E-state index in [0.717, 1.165) is 22.8 Å². The summed E-state index contributed by atoms with van der Waals surface area (Å²) in [7, 11) is 0. The summed E-state index contributed by atoms with van der Waals surface area (Å²) >= 11 is 1.64. The lowest BCUT2D eigenvalue weighted by Crippen LogP contribution is -2.68. The molecule has 0 aliphatic carbocycles. The van der Waals surface area contributed by atoms with Gasteiger partial charge < -0.3 is 10.2 Å². The lowest BCUT2D eigenvalue weighted by Gasteiger charge is -2.44. The van der Waals surface area contributed by atoms with Gasteiger partial charge in [0.1, 0.15) is 17.1 Å². The second kappa shape index (κ2) is 6.57. The number of hydrogen-bond acceptors (Lipinski definition) is 5. The Hall–Kier alpha value is -2.25. The zero-order valence-corrected chi connectivity index (χ0v) is 14.8. The van der Waals surface area contributed by atoms with Crippen LogP contribution in [0.5, 0.6) is 0 Å². The van der Waals surface area contributed by atoms with Gasteiger partial charge in [0.25, 0.3) is 0 Å². The van der Waals surface area contributed by atoms with Crippen molar-refractivity contribution >= 4 is 23.2 Å². The summed E-state index contributed by atoms with van der Waals surface area (Å²) in [6.07, 6.45) is 0. The van der Waals surface area contributed by atoms with Gasteiger partial charge >= 0.3 is 0 Å². The molecule has 2 saturated heterocycles. The Labute approximate surface area is 150 Å². The molecular weight excluding hydrogens is 336 g/mol. The highest BCUT2D eigenvalue weighted by atomic mass is 32.1. The minimum absolute atomic E-state index is 0.0184. The van der Waals surface area contributed by atoms with Crippen molar-refractivity contribution in [2.24, 2.45) is 0 Å². The number of carbonyl (C=O) groups excluding carboxylic acids is 2. The maximum Gasteiger partial charge on any atom is 0.245 e. The Morgan fingerprint density at radius 2 is 2.04 bits per heavy atom. The van der Waals surface area contributed by atoms with Crippen LogP contribution in [0.3, 0.4) is 0 Å². The van der Waals surface area contributed by atoms with Gasteiger partial charge in [0.2, 0.25) is 11.8 Å². The Morgan fingerprint density at radius 3 is 2.84 bits per heavy atom. The lowest BCUT2D eigenvalue weighted by molar-refractivity contribution is -0.152. The number of rotatable bonds is 3. The van der Waals surface area contributed by atoms with Crippen molar-refractivity contribution in [2.45, 2.75) is 25.6 Å². The fourth-order valence-corrected chi connectivity index (χ4v) is 4.25. The van der Waals surface area contributed by atoms with Gasteiger partial charge in [0.15, 0.2) is 0 Å². The van der Waals surface area contributed by atoms with Crippen LogP contribution in [0.15, 0.2) is 35.7 Å². The molecule has 2 amide bonds. The van der Waals surface area contributed by atoms with E-state index in [-0.39, 0.29) is 17.9 Å². The molecule has 2 atom stereocenters. The molecule has 2 aliphatic heterocycles. The first-order chi connectivity index (χ1) is 12.1. The third kappa shape index (κ3) is 3.17. The van der Waals surface area contributed by atoms with Gasteiger partial charge in [-0.05, 0) is 6.92 Å². The normalized spacial score (nSPS) is 24.1. The molecule has 6 nitrogen and oxygen atoms in total. The monoisotopic (exact) mass is 356 g/mol. The van der Waals surface area contributed by atoms with Gasteiger partial charge in [-0.2, -0.15) is 0 Å². The maximum absolute atomic E-state index is 12.2. The minimum Gasteiger partial charge on any atom is -0.343 e. The quantitative estimate of drug-likeness (QED) is 0.901. The SMILES string of the molecule is C[C@@H]1NC(=O)[C@H]2CN(Cc3nc(-c4ccccc4)cs3)CCN2C1=O. The van der Waals surface area contributed by atoms with Crippen LogP contribution in [-0.2, 0) is 16.1 Å². The molecule has 2 fully saturated rings. The zero-order chi connectivity index (χ0) is 17.4. The Kier molecular flexibility index (Phi) is 4.27. The third-order valence-electron chi connectivity index (χ3n) is 4.76. The van der Waals surface area contributed by atoms with Crippen molar-refractivity contribution in [3.05, 3.63) is 40.7 Å². The first kappa shape index (κ1) is 16.2. The van der Waals surface area contributed by atoms with Crippen LogP contribution in [0.2, 0.25) is 0 Å². The summed E-state index contributed by atoms with van der Waals surface area (Å²) in [6, 6.07) is 9.32. The highest BCUT2D eigenvalue weighted by Gasteiger charge is 2.41. The third-order valence-corrected chi connectivity index (χ3v) is 5.59. The first-order valence-electron chi connectivity index (χ1n) is 8.45. The van der Waals surface area contributed by atoms with Gasteiger partial charge in [-0.3, -0.25) is 14.5 Å². The lowest BCUT2D eigenvalue weighted by atomic mass is 10.1. The second-order valence-corrected chi connectivity index (χ2v) is 7.45. The molecule has 1 aromatic heterocycles. The Morgan fingerprint density at radius 1 is 1.24 bits per heavy atom. The average molecular weight is 356 g/mol. The number of nitrogens with one attached hydrogen (secondary N) is 1. The highest BCUT2D eigenvalue weighted by molar-refractivity contribution is 7.09. The van der Waals surface area contributed by atoms with E-state index in [1.807, 2.05) is 18.2 Å². The molecule has 1 aromatic carbocycles. The summed E-state index contributed by atoms with van der Waals surface area (Å²) in [5.74, 6) is -0.0363. The molecule has 2 aliphatic rings. The Balaban J connectivity index is 1.44. The first-order valence-corrected chi connectivity index (χ1v) is 9.33. The largest absolute Gasteiger partial charge is 0.343 e. The van der Waals surface area contributed by atoms with Crippen molar-refractivity contribution in [2.75, 3.05) is 19.6 Å². The van der Waals surface area contributed by atoms with Crippen LogP contribution in [0.4, 0.5) is 0 Å². The Bertz CT molecular complexity index is 791. The molecule has 0 spiro atoms. The number of hydrogen-bond donors (Lipinski definition) is 1. The smallest absolute Gasteiger partial charge is 0.245 e. The molecule has 25 heavy (non-hydrogen) atoms. The van der Waals surface area contributed by atoms with E-state index in [1.54, 1.807) is 23.2 Å². The van der Waals surface area contributed by atoms with E-state index >= 15 is 0 Å². The van der Waals surface area contributed by atoms with Gasteiger partial charge in [-0.25, -0.2) is 4.98 Å². The van der Waals surface area contributed by atoms with Gasteiger partial charge in [-0.15, -0.1) is 11.3 Å². The molecule has 0 saturated carbocycles. The number of thiazole rings is 1. The summed E-state index contributed by atoms with van der Waals surface area (Å²) in [5, 5.41) is 5.87. The number of amides is 2. The van der Waals surface area contributed by atoms with E-state index in [4.69, 9.17) is 4.98 Å². The van der Waals surface area contributed by atoms with E-state index in [2.05, 4.69) is 27.7 Å². The van der Waals surface area contributed by atoms with E-state index in [0.29, 0.717) is 19.6 Å². The molecule has 2 aromatic rings. The molecule has 4 rings (SSSR count). The van der Waals surface area contributed by atoms with Crippen LogP contribution in [0, 0.1) is 0 Å². The maximum atomic E-state index is 12.2. The second-order valence-electron chi connectivity index (χ2n) is 6.51. The standard InChI is InChI=1S/C18H20N4O2S/c1-12-18(24)22-8-7-21(9-15(22)17(23)19-12)10-16-20-14(11-25-16)13-5-3-2-4-6-13/h2-6,11-12,15H,7-10H2,1H3,(H,19,23)/t12-,15+/m0/s1. The van der Waals surface area contributed by atoms with E-state index < -0.39 is 6.04 Å². The molecular formula is C18H20N4O2S. The summed E-state index contributed by atoms with van der Waals surface area (Å²) in [6.45, 7) is 4.37. The molecule has 0 unspecified atom stereocenters. The molecule has 0 bridgehead atoms. The van der Waals surface area contributed by atoms with Crippen LogP contribution in [0.1, 0.15) is 11.9 Å². The van der Waals surface area contributed by atoms with Gasteiger partial charge in [-0.1, -0.05) is 30.3 Å². The van der Waals surface area contributed by atoms with Crippen molar-refractivity contribution in [3.63, 3.8) is 0 Å². The van der Waals surface area contributed by atoms with Crippen molar-refractivity contribution in [1.82, 2.24) is 20.1 Å². The number of carbonyl (C=O) groups is 2. The molecule has 3 heterocycles. The van der Waals surface area contributed by atoms with Gasteiger partial charge in [0.05, 0.1) is 12.2 Å². The van der Waals surface area contributed by atoms with Gasteiger partial charge in [0, 0.05) is 30.6 Å². The predicted octanol–water partition coefficient (Wildman–Crippen LogP) is 1.34. The number of fused-ring (bicyclic) bond motifs is 1. The van der Waals surface area contributed by atoms with Crippen molar-refractivity contribution in [3.8, 4) is 11.3 Å². The minimum atomic E-state index is -0.414. The topological polar surface area (TPSA) is 65.5 Å². The average Bonchev–Trinajstić information content (AvgIpc) is 3.09. The van der Waals surface area contributed by atoms with Crippen LogP contribution in [-0.4, -0.2) is 58.3 Å². The molecule has 130 valence electrons. The molecule has 0 radical (unpaired) electrons. The van der Waals surface area contributed by atoms with Crippen LogP contribution in [0.25, 0.3) is 11.3 Å². The molecule has 7 heteroatoms. The van der Waals surface area contributed by atoms with Crippen molar-refractivity contribution < 1.29 is 9.59 Å². The summed E-state index contributed by atoms with van der Waals surface area (Å²) < 4.78 is 0. The summed E-state index contributed by atoms with van der Waals surface area (Å²) in [4.78, 5) is 33.1. The fraction of sp³-hybridized carbons (Fsp3) is 0.389. The number of nitrogens with zero attached hydrogens (tertiary/aromatic N) is 3.